The Hall–Kier alpha value is -0.200. The lowest BCUT2D eigenvalue weighted by Gasteiger charge is -2.34. The molecule has 2 rings (SSSR count). The molecule has 0 radical (unpaired) electrons. The van der Waals surface area contributed by atoms with E-state index in [2.05, 4.69) is 47.4 Å². The molecule has 2 aliphatic rings. The van der Waals surface area contributed by atoms with Gasteiger partial charge in [-0.25, -0.2) is 0 Å². The fraction of sp³-hybridized carbons (Fsp3) is 1.00. The van der Waals surface area contributed by atoms with Gasteiger partial charge in [0.2, 0.25) is 0 Å². The Balaban J connectivity index is 1.87. The van der Waals surface area contributed by atoms with E-state index in [9.17, 15) is 0 Å². The molecule has 0 aromatic carbocycles. The van der Waals surface area contributed by atoms with Crippen LogP contribution in [0.3, 0.4) is 0 Å². The fourth-order valence-corrected chi connectivity index (χ4v) is 3.50. The molecule has 5 N–H and O–H groups in total. The molecule has 5 heteroatoms. The third-order valence-electron chi connectivity index (χ3n) is 5.02. The van der Waals surface area contributed by atoms with Crippen molar-refractivity contribution in [2.75, 3.05) is 32.7 Å². The molecule has 1 aliphatic heterocycles. The molecule has 0 amide bonds. The molecule has 22 heavy (non-hydrogen) atoms. The summed E-state index contributed by atoms with van der Waals surface area (Å²) < 4.78 is 0. The molecular weight excluding hydrogens is 274 g/mol. The number of hydrogen-bond acceptors (Lipinski definition) is 5. The Morgan fingerprint density at radius 2 is 1.00 bits per heavy atom. The molecule has 5 nitrogen and oxygen atoms in total. The summed E-state index contributed by atoms with van der Waals surface area (Å²) in [6.45, 7) is 12.0. The second-order valence-electron chi connectivity index (χ2n) is 7.33. The van der Waals surface area contributed by atoms with Gasteiger partial charge in [0.15, 0.2) is 0 Å². The monoisotopic (exact) mass is 311 g/mol. The number of fused-ring (bicyclic) bond motifs is 1. The van der Waals surface area contributed by atoms with Crippen molar-refractivity contribution in [3.63, 3.8) is 0 Å². The Labute approximate surface area is 136 Å². The highest BCUT2D eigenvalue weighted by molar-refractivity contribution is 4.87. The average molecular weight is 312 g/mol. The van der Waals surface area contributed by atoms with Gasteiger partial charge in [0, 0.05) is 62.9 Å². The second kappa shape index (κ2) is 9.83. The highest BCUT2D eigenvalue weighted by atomic mass is 15.1. The van der Waals surface area contributed by atoms with Crippen molar-refractivity contribution in [1.82, 2.24) is 26.6 Å². The molecule has 0 bridgehead atoms. The lowest BCUT2D eigenvalue weighted by molar-refractivity contribution is 0.277. The van der Waals surface area contributed by atoms with E-state index < -0.39 is 0 Å². The smallest absolute Gasteiger partial charge is 0.0221 e. The fourth-order valence-electron chi connectivity index (χ4n) is 3.50. The predicted octanol–water partition coefficient (Wildman–Crippen LogP) is 0.425. The van der Waals surface area contributed by atoms with Gasteiger partial charge in [-0.2, -0.15) is 0 Å². The van der Waals surface area contributed by atoms with E-state index in [4.69, 9.17) is 0 Å². The van der Waals surface area contributed by atoms with Crippen LogP contribution in [0.5, 0.6) is 0 Å². The van der Waals surface area contributed by atoms with Crippen LogP contribution in [0.25, 0.3) is 0 Å². The zero-order valence-corrected chi connectivity index (χ0v) is 14.8. The number of hydrogen-bond donors (Lipinski definition) is 5. The first-order valence-electron chi connectivity index (χ1n) is 9.32. The summed E-state index contributed by atoms with van der Waals surface area (Å²) >= 11 is 0. The van der Waals surface area contributed by atoms with Crippen molar-refractivity contribution >= 4 is 0 Å². The molecule has 2 fully saturated rings. The van der Waals surface area contributed by atoms with Gasteiger partial charge in [-0.05, 0) is 33.6 Å². The molecule has 2 unspecified atom stereocenters. The first kappa shape index (κ1) is 18.1. The van der Waals surface area contributed by atoms with Gasteiger partial charge in [-0.15, -0.1) is 0 Å². The minimum Gasteiger partial charge on any atom is -0.312 e. The van der Waals surface area contributed by atoms with Crippen molar-refractivity contribution in [2.24, 2.45) is 0 Å². The summed E-state index contributed by atoms with van der Waals surface area (Å²) in [5.74, 6) is 0. The van der Waals surface area contributed by atoms with Gasteiger partial charge >= 0.3 is 0 Å². The minimum absolute atomic E-state index is 0.511. The molecule has 5 atom stereocenters. The lowest BCUT2D eigenvalue weighted by atomic mass is 9.90. The van der Waals surface area contributed by atoms with Crippen LogP contribution in [-0.4, -0.2) is 62.9 Å². The van der Waals surface area contributed by atoms with Gasteiger partial charge in [0.25, 0.3) is 0 Å². The molecule has 130 valence electrons. The van der Waals surface area contributed by atoms with E-state index in [1.165, 1.54) is 25.7 Å². The summed E-state index contributed by atoms with van der Waals surface area (Å²) in [5, 5.41) is 18.4. The lowest BCUT2D eigenvalue weighted by Crippen LogP contribution is -2.53. The molecular formula is C17H37N5. The third-order valence-corrected chi connectivity index (χ3v) is 5.02. The van der Waals surface area contributed by atoms with Crippen LogP contribution in [0.4, 0.5) is 0 Å². The Kier molecular flexibility index (Phi) is 8.11. The van der Waals surface area contributed by atoms with Crippen molar-refractivity contribution in [1.29, 1.82) is 0 Å². The van der Waals surface area contributed by atoms with E-state index in [0.29, 0.717) is 30.2 Å². The zero-order chi connectivity index (χ0) is 15.8. The van der Waals surface area contributed by atoms with Crippen molar-refractivity contribution in [2.45, 2.75) is 76.7 Å². The molecule has 1 saturated carbocycles. The molecule has 1 saturated heterocycles. The summed E-state index contributed by atoms with van der Waals surface area (Å²) in [5.41, 5.74) is 0. The molecule has 1 heterocycles. The minimum atomic E-state index is 0.511. The molecule has 1 aliphatic carbocycles. The quantitative estimate of drug-likeness (QED) is 0.449. The predicted molar refractivity (Wildman–Crippen MR) is 94.4 cm³/mol. The van der Waals surface area contributed by atoms with E-state index in [1.807, 2.05) is 0 Å². The Morgan fingerprint density at radius 1 is 0.545 bits per heavy atom. The highest BCUT2D eigenvalue weighted by Gasteiger charge is 2.24. The summed E-state index contributed by atoms with van der Waals surface area (Å²) in [6, 6.07) is 2.83. The molecule has 0 aromatic heterocycles. The van der Waals surface area contributed by atoms with E-state index in [-0.39, 0.29) is 0 Å². The Morgan fingerprint density at radius 3 is 1.64 bits per heavy atom. The summed E-state index contributed by atoms with van der Waals surface area (Å²) in [6.07, 6.45) is 5.36. The summed E-state index contributed by atoms with van der Waals surface area (Å²) in [4.78, 5) is 0. The maximum Gasteiger partial charge on any atom is 0.0221 e. The average Bonchev–Trinajstić information content (AvgIpc) is 2.53. The van der Waals surface area contributed by atoms with E-state index >= 15 is 0 Å². The number of rotatable bonds is 0. The van der Waals surface area contributed by atoms with Crippen molar-refractivity contribution in [3.05, 3.63) is 0 Å². The van der Waals surface area contributed by atoms with Crippen molar-refractivity contribution in [3.8, 4) is 0 Å². The number of nitrogens with one attached hydrogen (secondary N) is 5. The SMILES string of the molecule is C[C@H]1CNC2CCCCC2NCCN[C@@H](C)CN[C@@H](C)CN1. The molecule has 0 aromatic rings. The first-order chi connectivity index (χ1) is 10.6. The standard InChI is InChI=1S/C17H37N5/c1-13-10-20-14(2)11-21-15(3)12-22-17-7-5-4-6-16(17)19-9-8-18-13/h13-22H,4-12H2,1-3H3/t13-,14-,15-,16?,17?/m0/s1. The van der Waals surface area contributed by atoms with Crippen LogP contribution < -0.4 is 26.6 Å². The van der Waals surface area contributed by atoms with Crippen LogP contribution in [0, 0.1) is 0 Å². The van der Waals surface area contributed by atoms with Gasteiger partial charge in [0.05, 0.1) is 0 Å². The topological polar surface area (TPSA) is 60.1 Å². The normalized spacial score (nSPS) is 40.2. The maximum atomic E-state index is 3.80. The second-order valence-corrected chi connectivity index (χ2v) is 7.33. The van der Waals surface area contributed by atoms with Gasteiger partial charge in [0.1, 0.15) is 0 Å². The van der Waals surface area contributed by atoms with Crippen LogP contribution >= 0.6 is 0 Å². The van der Waals surface area contributed by atoms with Gasteiger partial charge < -0.3 is 26.6 Å². The van der Waals surface area contributed by atoms with Crippen LogP contribution in [0.15, 0.2) is 0 Å². The summed E-state index contributed by atoms with van der Waals surface area (Å²) in [7, 11) is 0. The Bertz CT molecular complexity index is 299. The molecule has 0 spiro atoms. The zero-order valence-electron chi connectivity index (χ0n) is 14.8. The van der Waals surface area contributed by atoms with E-state index in [1.54, 1.807) is 0 Å². The van der Waals surface area contributed by atoms with Gasteiger partial charge in [-0.1, -0.05) is 12.8 Å². The van der Waals surface area contributed by atoms with Gasteiger partial charge in [-0.3, -0.25) is 0 Å². The van der Waals surface area contributed by atoms with Crippen LogP contribution in [-0.2, 0) is 0 Å². The largest absolute Gasteiger partial charge is 0.312 e. The highest BCUT2D eigenvalue weighted by Crippen LogP contribution is 2.18. The maximum absolute atomic E-state index is 3.80. The van der Waals surface area contributed by atoms with Crippen LogP contribution in [0.1, 0.15) is 46.5 Å². The third kappa shape index (κ3) is 6.50. The van der Waals surface area contributed by atoms with Crippen LogP contribution in [0.2, 0.25) is 0 Å². The van der Waals surface area contributed by atoms with E-state index in [0.717, 1.165) is 32.7 Å². The first-order valence-corrected chi connectivity index (χ1v) is 9.32. The van der Waals surface area contributed by atoms with Crippen molar-refractivity contribution < 1.29 is 0 Å².